The number of nitrogens with zero attached hydrogens (tertiary/aromatic N) is 4. The summed E-state index contributed by atoms with van der Waals surface area (Å²) in [5, 5.41) is 15.5. The molecule has 10 heteroatoms. The van der Waals surface area contributed by atoms with Gasteiger partial charge in [0.2, 0.25) is 5.95 Å². The van der Waals surface area contributed by atoms with Gasteiger partial charge in [0.05, 0.1) is 17.1 Å². The molecule has 184 valence electrons. The molecule has 1 saturated heterocycles. The Morgan fingerprint density at radius 2 is 1.86 bits per heavy atom. The average molecular weight is 487 g/mol. The minimum atomic E-state index is -0.442. The summed E-state index contributed by atoms with van der Waals surface area (Å²) >= 11 is 0. The van der Waals surface area contributed by atoms with Crippen LogP contribution in [0.5, 0.6) is 11.5 Å². The Bertz CT molecular complexity index is 1430. The van der Waals surface area contributed by atoms with Crippen LogP contribution in [-0.2, 0) is 7.05 Å². The molecule has 3 N–H and O–H groups in total. The fourth-order valence-electron chi connectivity index (χ4n) is 4.15. The van der Waals surface area contributed by atoms with Gasteiger partial charge in [-0.1, -0.05) is 0 Å². The summed E-state index contributed by atoms with van der Waals surface area (Å²) in [5.41, 5.74) is 3.28. The summed E-state index contributed by atoms with van der Waals surface area (Å²) in [6.45, 7) is 0.947. The number of aliphatic hydroxyl groups excluding tert-OH is 1. The van der Waals surface area contributed by atoms with Crippen LogP contribution in [0.25, 0.3) is 11.0 Å². The number of carbonyl (C=O) groups excluding carboxylic acids is 2. The predicted molar refractivity (Wildman–Crippen MR) is 135 cm³/mol. The third kappa shape index (κ3) is 4.71. The minimum Gasteiger partial charge on any atom is -0.457 e. The van der Waals surface area contributed by atoms with Crippen LogP contribution in [0.3, 0.4) is 0 Å². The molecule has 0 bridgehead atoms. The van der Waals surface area contributed by atoms with Gasteiger partial charge in [-0.15, -0.1) is 0 Å². The second-order valence-electron chi connectivity index (χ2n) is 8.60. The highest BCUT2D eigenvalue weighted by Gasteiger charge is 2.25. The third-order valence-electron chi connectivity index (χ3n) is 6.12. The third-order valence-corrected chi connectivity index (χ3v) is 6.12. The second-order valence-corrected chi connectivity index (χ2v) is 8.60. The number of anilines is 2. The van der Waals surface area contributed by atoms with E-state index < -0.39 is 6.10 Å². The zero-order valence-corrected chi connectivity index (χ0v) is 19.9. The molecular weight excluding hydrogens is 460 g/mol. The Morgan fingerprint density at radius 3 is 2.58 bits per heavy atom. The van der Waals surface area contributed by atoms with E-state index in [1.165, 1.54) is 6.20 Å². The lowest BCUT2D eigenvalue weighted by molar-refractivity contribution is 0.0765. The minimum absolute atomic E-state index is 0.0787. The number of pyridine rings is 1. The molecule has 1 fully saturated rings. The first-order chi connectivity index (χ1) is 17.4. The molecule has 1 aliphatic rings. The smallest absolute Gasteiger partial charge is 0.269 e. The lowest BCUT2D eigenvalue weighted by Gasteiger charge is -2.15. The molecule has 0 saturated carbocycles. The lowest BCUT2D eigenvalue weighted by Crippen LogP contribution is -2.29. The maximum atomic E-state index is 12.6. The monoisotopic (exact) mass is 486 g/mol. The number of β-amino-alcohol motifs (C(OH)–C–C–N with tert-alkyl or cyclic N) is 1. The van der Waals surface area contributed by atoms with Crippen molar-refractivity contribution < 1.29 is 19.4 Å². The van der Waals surface area contributed by atoms with Crippen LogP contribution in [0.15, 0.2) is 60.8 Å². The van der Waals surface area contributed by atoms with Crippen molar-refractivity contribution >= 4 is 34.5 Å². The number of ether oxygens (including phenoxy) is 1. The van der Waals surface area contributed by atoms with Crippen molar-refractivity contribution in [1.29, 1.82) is 0 Å². The molecule has 1 atom stereocenters. The van der Waals surface area contributed by atoms with Crippen molar-refractivity contribution in [1.82, 2.24) is 24.8 Å². The largest absolute Gasteiger partial charge is 0.457 e. The number of imidazole rings is 1. The topological polar surface area (TPSA) is 122 Å². The molecule has 10 nitrogen and oxygen atoms in total. The number of aliphatic hydroxyl groups is 1. The van der Waals surface area contributed by atoms with E-state index >= 15 is 0 Å². The number of rotatable bonds is 6. The summed E-state index contributed by atoms with van der Waals surface area (Å²) in [6, 6.07) is 16.0. The molecule has 0 radical (unpaired) electrons. The Labute approximate surface area is 207 Å². The molecule has 4 aromatic rings. The van der Waals surface area contributed by atoms with E-state index in [-0.39, 0.29) is 17.5 Å². The van der Waals surface area contributed by atoms with Crippen molar-refractivity contribution in [2.24, 2.45) is 7.05 Å². The van der Waals surface area contributed by atoms with Gasteiger partial charge >= 0.3 is 0 Å². The number of nitrogens with one attached hydrogen (secondary N) is 2. The van der Waals surface area contributed by atoms with Crippen molar-refractivity contribution in [3.63, 3.8) is 0 Å². The number of carbonyl (C=O) groups is 2. The van der Waals surface area contributed by atoms with Gasteiger partial charge in [-0.05, 0) is 48.9 Å². The molecule has 2 aromatic heterocycles. The number of likely N-dealkylation sites (tertiary alicyclic amines) is 1. The quantitative estimate of drug-likeness (QED) is 0.383. The van der Waals surface area contributed by atoms with Crippen molar-refractivity contribution in [2.45, 2.75) is 12.5 Å². The number of hydrogen-bond donors (Lipinski definition) is 3. The number of aryl methyl sites for hydroxylation is 1. The lowest BCUT2D eigenvalue weighted by atomic mass is 10.2. The normalized spacial score (nSPS) is 15.2. The van der Waals surface area contributed by atoms with Crippen LogP contribution in [0.4, 0.5) is 11.6 Å². The summed E-state index contributed by atoms with van der Waals surface area (Å²) in [5.74, 6) is 1.34. The van der Waals surface area contributed by atoms with Crippen LogP contribution in [0.1, 0.15) is 27.3 Å². The van der Waals surface area contributed by atoms with Crippen LogP contribution in [0, 0.1) is 0 Å². The molecule has 0 spiro atoms. The van der Waals surface area contributed by atoms with E-state index in [9.17, 15) is 14.7 Å². The Morgan fingerprint density at radius 1 is 1.08 bits per heavy atom. The summed E-state index contributed by atoms with van der Waals surface area (Å²) in [4.78, 5) is 34.8. The van der Waals surface area contributed by atoms with Crippen LogP contribution in [-0.4, -0.2) is 62.6 Å². The van der Waals surface area contributed by atoms with Crippen molar-refractivity contribution in [3.8, 4) is 11.5 Å². The molecule has 3 heterocycles. The number of aromatic nitrogens is 3. The SMILES string of the molecule is CNC(=O)c1cc(Oc2ccc3c(c2)nc(Nc2ccc(C(=O)N4CC[C@@H](O)C4)cc2)n3C)ccn1. The molecule has 1 aliphatic heterocycles. The van der Waals surface area contributed by atoms with Gasteiger partial charge in [-0.3, -0.25) is 14.6 Å². The van der Waals surface area contributed by atoms with Gasteiger partial charge in [0.1, 0.15) is 17.2 Å². The zero-order chi connectivity index (χ0) is 25.2. The Kier molecular flexibility index (Phi) is 6.26. The molecular formula is C26H26N6O4. The maximum Gasteiger partial charge on any atom is 0.269 e. The van der Waals surface area contributed by atoms with Crippen molar-refractivity contribution in [3.05, 3.63) is 72.1 Å². The predicted octanol–water partition coefficient (Wildman–Crippen LogP) is 3.07. The first-order valence-corrected chi connectivity index (χ1v) is 11.6. The van der Waals surface area contributed by atoms with E-state index in [4.69, 9.17) is 9.72 Å². The Balaban J connectivity index is 1.31. The van der Waals surface area contributed by atoms with E-state index in [1.54, 1.807) is 36.2 Å². The summed E-state index contributed by atoms with van der Waals surface area (Å²) in [6.07, 6.45) is 1.70. The molecule has 2 amide bonds. The molecule has 0 unspecified atom stereocenters. The summed E-state index contributed by atoms with van der Waals surface area (Å²) in [7, 11) is 3.46. The standard InChI is InChI=1S/C26H26N6O4/c1-27-24(34)22-14-20(9-11-28-22)36-19-7-8-23-21(13-19)30-26(31(23)2)29-17-5-3-16(4-6-17)25(35)32-12-10-18(33)15-32/h3-9,11,13-14,18,33H,10,12,15H2,1-2H3,(H,27,34)(H,29,30)/t18-/m1/s1. The van der Waals surface area contributed by atoms with Gasteiger partial charge in [-0.25, -0.2) is 4.98 Å². The number of hydrogen-bond acceptors (Lipinski definition) is 7. The highest BCUT2D eigenvalue weighted by Crippen LogP contribution is 2.28. The van der Waals surface area contributed by atoms with E-state index in [0.717, 1.165) is 16.7 Å². The van der Waals surface area contributed by atoms with Gasteiger partial charge < -0.3 is 29.9 Å². The fourth-order valence-corrected chi connectivity index (χ4v) is 4.15. The van der Waals surface area contributed by atoms with Crippen LogP contribution >= 0.6 is 0 Å². The van der Waals surface area contributed by atoms with Gasteiger partial charge in [0, 0.05) is 56.8 Å². The summed E-state index contributed by atoms with van der Waals surface area (Å²) < 4.78 is 7.86. The number of amides is 2. The van der Waals surface area contributed by atoms with Gasteiger partial charge in [0.25, 0.3) is 11.8 Å². The second kappa shape index (κ2) is 9.67. The van der Waals surface area contributed by atoms with E-state index in [0.29, 0.717) is 42.5 Å². The first-order valence-electron chi connectivity index (χ1n) is 11.6. The molecule has 36 heavy (non-hydrogen) atoms. The van der Waals surface area contributed by atoms with Crippen LogP contribution < -0.4 is 15.4 Å². The maximum absolute atomic E-state index is 12.6. The highest BCUT2D eigenvalue weighted by atomic mass is 16.5. The highest BCUT2D eigenvalue weighted by molar-refractivity contribution is 5.95. The zero-order valence-electron chi connectivity index (χ0n) is 19.9. The van der Waals surface area contributed by atoms with Gasteiger partial charge in [0.15, 0.2) is 0 Å². The number of benzene rings is 2. The molecule has 2 aromatic carbocycles. The van der Waals surface area contributed by atoms with E-state index in [2.05, 4.69) is 15.6 Å². The van der Waals surface area contributed by atoms with E-state index in [1.807, 2.05) is 41.9 Å². The first kappa shape index (κ1) is 23.3. The Hall–Kier alpha value is -4.44. The fraction of sp³-hybridized carbons (Fsp3) is 0.231. The van der Waals surface area contributed by atoms with Crippen molar-refractivity contribution in [2.75, 3.05) is 25.5 Å². The molecule has 0 aliphatic carbocycles. The molecule has 5 rings (SSSR count). The average Bonchev–Trinajstić information content (AvgIpc) is 3.46. The van der Waals surface area contributed by atoms with Crippen LogP contribution in [0.2, 0.25) is 0 Å². The van der Waals surface area contributed by atoms with Gasteiger partial charge in [-0.2, -0.15) is 0 Å². The number of fused-ring (bicyclic) bond motifs is 1.